The average Bonchev–Trinajstić information content (AvgIpc) is 2.58. The molecule has 0 bridgehead atoms. The Balaban J connectivity index is 2.08. The average molecular weight is 323 g/mol. The van der Waals surface area contributed by atoms with E-state index < -0.39 is 10.8 Å². The lowest BCUT2D eigenvalue weighted by Crippen LogP contribution is -2.12. The van der Waals surface area contributed by atoms with E-state index in [1.807, 2.05) is 0 Å². The summed E-state index contributed by atoms with van der Waals surface area (Å²) in [5.41, 5.74) is 6.33. The summed E-state index contributed by atoms with van der Waals surface area (Å²) in [6.07, 6.45) is 1.38. The molecule has 2 aromatic rings. The zero-order valence-electron chi connectivity index (χ0n) is 12.5. The molecule has 0 aliphatic carbocycles. The minimum absolute atomic E-state index is 0.0152. The Labute approximate surface area is 137 Å². The normalized spacial score (nSPS) is 10.7. The van der Waals surface area contributed by atoms with E-state index in [1.54, 1.807) is 42.5 Å². The zero-order valence-corrected chi connectivity index (χ0v) is 12.5. The van der Waals surface area contributed by atoms with Gasteiger partial charge in [-0.3, -0.25) is 14.9 Å². The molecular weight excluding hydrogens is 310 g/mol. The smallest absolute Gasteiger partial charge is 0.269 e. The van der Waals surface area contributed by atoms with Crippen molar-refractivity contribution in [2.75, 3.05) is 0 Å². The van der Waals surface area contributed by atoms with Gasteiger partial charge in [0.15, 0.2) is 0 Å². The van der Waals surface area contributed by atoms with Crippen LogP contribution in [0.4, 0.5) is 5.69 Å². The van der Waals surface area contributed by atoms with E-state index in [2.05, 4.69) is 0 Å². The van der Waals surface area contributed by atoms with Gasteiger partial charge < -0.3 is 10.5 Å². The summed E-state index contributed by atoms with van der Waals surface area (Å²) in [5, 5.41) is 19.4. The Kier molecular flexibility index (Phi) is 5.26. The predicted octanol–water partition coefficient (Wildman–Crippen LogP) is 2.57. The molecule has 0 fully saturated rings. The molecule has 7 nitrogen and oxygen atoms in total. The van der Waals surface area contributed by atoms with Crippen LogP contribution in [0.2, 0.25) is 0 Å². The van der Waals surface area contributed by atoms with Crippen molar-refractivity contribution in [3.63, 3.8) is 0 Å². The van der Waals surface area contributed by atoms with Gasteiger partial charge >= 0.3 is 0 Å². The van der Waals surface area contributed by atoms with Gasteiger partial charge in [0.25, 0.3) is 11.6 Å². The van der Waals surface area contributed by atoms with Crippen LogP contribution in [0.1, 0.15) is 11.1 Å². The van der Waals surface area contributed by atoms with E-state index in [9.17, 15) is 14.9 Å². The van der Waals surface area contributed by atoms with E-state index in [1.165, 1.54) is 18.2 Å². The van der Waals surface area contributed by atoms with Crippen molar-refractivity contribution in [1.29, 1.82) is 5.26 Å². The molecule has 1 amide bonds. The van der Waals surface area contributed by atoms with Gasteiger partial charge in [-0.15, -0.1) is 0 Å². The number of nitro benzene ring substituents is 1. The number of nitrogens with two attached hydrogens (primary N) is 1. The predicted molar refractivity (Wildman–Crippen MR) is 86.7 cm³/mol. The third-order valence-corrected chi connectivity index (χ3v) is 3.11. The number of hydrogen-bond donors (Lipinski definition) is 1. The van der Waals surface area contributed by atoms with Gasteiger partial charge in [-0.05, 0) is 41.5 Å². The number of amides is 1. The van der Waals surface area contributed by atoms with Crippen LogP contribution in [0.15, 0.2) is 54.1 Å². The van der Waals surface area contributed by atoms with Gasteiger partial charge in [0, 0.05) is 12.1 Å². The molecule has 2 rings (SSSR count). The first-order chi connectivity index (χ1) is 11.5. The molecule has 24 heavy (non-hydrogen) atoms. The number of primary amides is 1. The fraction of sp³-hybridized carbons (Fsp3) is 0.0588. The maximum atomic E-state index is 11.1. The number of ether oxygens (including phenoxy) is 1. The molecule has 0 saturated heterocycles. The number of nitrogens with zero attached hydrogens (tertiary/aromatic N) is 2. The molecule has 0 aliphatic rings. The minimum atomic E-state index is -0.797. The lowest BCUT2D eigenvalue weighted by molar-refractivity contribution is -0.384. The van der Waals surface area contributed by atoms with Crippen molar-refractivity contribution < 1.29 is 14.5 Å². The van der Waals surface area contributed by atoms with Crippen LogP contribution in [0, 0.1) is 21.4 Å². The molecule has 0 aromatic heterocycles. The van der Waals surface area contributed by atoms with Crippen LogP contribution in [-0.2, 0) is 11.4 Å². The fourth-order valence-electron chi connectivity index (χ4n) is 1.90. The summed E-state index contributed by atoms with van der Waals surface area (Å²) in [6.45, 7) is 0.228. The van der Waals surface area contributed by atoms with E-state index in [0.717, 1.165) is 5.56 Å². The number of carbonyl (C=O) groups is 1. The monoisotopic (exact) mass is 323 g/mol. The number of benzene rings is 2. The lowest BCUT2D eigenvalue weighted by Gasteiger charge is -2.07. The van der Waals surface area contributed by atoms with Crippen LogP contribution in [0.25, 0.3) is 6.08 Å². The van der Waals surface area contributed by atoms with Gasteiger partial charge in [-0.2, -0.15) is 5.26 Å². The summed E-state index contributed by atoms with van der Waals surface area (Å²) >= 11 is 0. The maximum Gasteiger partial charge on any atom is 0.269 e. The zero-order chi connectivity index (χ0) is 17.5. The van der Waals surface area contributed by atoms with E-state index >= 15 is 0 Å². The summed E-state index contributed by atoms with van der Waals surface area (Å²) < 4.78 is 5.61. The Bertz CT molecular complexity index is 836. The molecule has 2 aromatic carbocycles. The second-order valence-electron chi connectivity index (χ2n) is 4.82. The third kappa shape index (κ3) is 4.42. The third-order valence-electron chi connectivity index (χ3n) is 3.11. The van der Waals surface area contributed by atoms with E-state index in [4.69, 9.17) is 15.7 Å². The first-order valence-corrected chi connectivity index (χ1v) is 6.87. The van der Waals surface area contributed by atoms with Gasteiger partial charge in [-0.25, -0.2) is 0 Å². The Hall–Kier alpha value is -3.66. The van der Waals surface area contributed by atoms with E-state index in [-0.39, 0.29) is 17.9 Å². The maximum absolute atomic E-state index is 11.1. The number of nitro groups is 1. The minimum Gasteiger partial charge on any atom is -0.489 e. The standard InChI is InChI=1S/C17H13N3O4/c18-10-14(17(19)21)8-13-2-1-3-16(9-13)24-11-12-4-6-15(7-5-12)20(22)23/h1-9H,11H2,(H2,19,21)/b14-8+. The largest absolute Gasteiger partial charge is 0.489 e. The van der Waals surface area contributed by atoms with Crippen LogP contribution in [-0.4, -0.2) is 10.8 Å². The first kappa shape index (κ1) is 16.7. The summed E-state index contributed by atoms with van der Waals surface area (Å²) in [7, 11) is 0. The molecule has 0 saturated carbocycles. The molecule has 120 valence electrons. The second kappa shape index (κ2) is 7.56. The van der Waals surface area contributed by atoms with Crippen LogP contribution >= 0.6 is 0 Å². The Morgan fingerprint density at radius 2 is 2.00 bits per heavy atom. The molecule has 0 radical (unpaired) electrons. The van der Waals surface area contributed by atoms with Gasteiger partial charge in [0.05, 0.1) is 4.92 Å². The summed E-state index contributed by atoms with van der Waals surface area (Å²) in [6, 6.07) is 14.6. The van der Waals surface area contributed by atoms with Crippen molar-refractivity contribution in [1.82, 2.24) is 0 Å². The molecule has 0 unspecified atom stereocenters. The topological polar surface area (TPSA) is 119 Å². The van der Waals surface area contributed by atoms with Crippen molar-refractivity contribution in [3.8, 4) is 11.8 Å². The Morgan fingerprint density at radius 1 is 1.29 bits per heavy atom. The molecule has 0 spiro atoms. The fourth-order valence-corrected chi connectivity index (χ4v) is 1.90. The van der Waals surface area contributed by atoms with Gasteiger partial charge in [0.2, 0.25) is 0 Å². The van der Waals surface area contributed by atoms with Crippen LogP contribution in [0.3, 0.4) is 0 Å². The highest BCUT2D eigenvalue weighted by Gasteiger charge is 2.06. The molecule has 7 heteroatoms. The van der Waals surface area contributed by atoms with Gasteiger partial charge in [-0.1, -0.05) is 12.1 Å². The van der Waals surface area contributed by atoms with Gasteiger partial charge in [0.1, 0.15) is 24.0 Å². The van der Waals surface area contributed by atoms with Crippen molar-refractivity contribution in [3.05, 3.63) is 75.3 Å². The molecule has 0 heterocycles. The lowest BCUT2D eigenvalue weighted by atomic mass is 10.1. The number of non-ortho nitro benzene ring substituents is 1. The first-order valence-electron chi connectivity index (χ1n) is 6.87. The molecular formula is C17H13N3O4. The molecule has 2 N–H and O–H groups in total. The second-order valence-corrected chi connectivity index (χ2v) is 4.82. The van der Waals surface area contributed by atoms with Crippen molar-refractivity contribution in [2.45, 2.75) is 6.61 Å². The van der Waals surface area contributed by atoms with E-state index in [0.29, 0.717) is 11.3 Å². The van der Waals surface area contributed by atoms with Crippen molar-refractivity contribution >= 4 is 17.7 Å². The number of carbonyl (C=O) groups excluding carboxylic acids is 1. The highest BCUT2D eigenvalue weighted by molar-refractivity contribution is 6.00. The highest BCUT2D eigenvalue weighted by atomic mass is 16.6. The quantitative estimate of drug-likeness (QED) is 0.379. The van der Waals surface area contributed by atoms with Crippen molar-refractivity contribution in [2.24, 2.45) is 5.73 Å². The SMILES string of the molecule is N#C/C(=C\c1cccc(OCc2ccc([N+](=O)[O-])cc2)c1)C(N)=O. The molecule has 0 aliphatic heterocycles. The van der Waals surface area contributed by atoms with Crippen LogP contribution < -0.4 is 10.5 Å². The molecule has 0 atom stereocenters. The number of rotatable bonds is 6. The highest BCUT2D eigenvalue weighted by Crippen LogP contribution is 2.18. The van der Waals surface area contributed by atoms with Crippen LogP contribution in [0.5, 0.6) is 5.75 Å². The number of hydrogen-bond acceptors (Lipinski definition) is 5. The summed E-state index contributed by atoms with van der Waals surface area (Å²) in [5.74, 6) is -0.265. The summed E-state index contributed by atoms with van der Waals surface area (Å²) in [4.78, 5) is 21.2. The number of nitriles is 1. The Morgan fingerprint density at radius 3 is 2.58 bits per heavy atom.